The third-order valence-electron chi connectivity index (χ3n) is 0.775. The first kappa shape index (κ1) is 10.0. The number of hydrogen-bond acceptors (Lipinski definition) is 4. The van der Waals surface area contributed by atoms with Gasteiger partial charge in [0.05, 0.1) is 0 Å². The van der Waals surface area contributed by atoms with E-state index >= 15 is 0 Å². The van der Waals surface area contributed by atoms with Crippen molar-refractivity contribution >= 4 is 24.0 Å². The van der Waals surface area contributed by atoms with E-state index in [1.54, 1.807) is 6.26 Å². The second-order valence-corrected chi connectivity index (χ2v) is 6.02. The Bertz CT molecular complexity index is 164. The van der Waals surface area contributed by atoms with Crippen LogP contribution in [0.3, 0.4) is 0 Å². The Hall–Kier alpha value is 0.01000. The summed E-state index contributed by atoms with van der Waals surface area (Å²) in [5.74, 6) is -0.348. The molecule has 0 fully saturated rings. The molecule has 0 radical (unpaired) electrons. The van der Waals surface area contributed by atoms with Crippen LogP contribution in [-0.4, -0.2) is 19.3 Å². The maximum Gasteiger partial charge on any atom is 0.352 e. The number of rotatable bonds is 3. The maximum absolute atomic E-state index is 11.2. The van der Waals surface area contributed by atoms with Crippen molar-refractivity contribution in [2.45, 2.75) is 6.92 Å². The molecule has 0 heterocycles. The number of carbonyl (C=O) groups excluding carboxylic acids is 1. The van der Waals surface area contributed by atoms with E-state index in [4.69, 9.17) is 0 Å². The van der Waals surface area contributed by atoms with Gasteiger partial charge in [0, 0.05) is 14.0 Å². The largest absolute Gasteiger partial charge is 0.352 e. The van der Waals surface area contributed by atoms with Crippen LogP contribution >= 0.6 is 18.1 Å². The van der Waals surface area contributed by atoms with Crippen molar-refractivity contribution in [1.29, 1.82) is 0 Å². The molecule has 0 aromatic rings. The molecule has 1 N–H and O–H groups in total. The minimum absolute atomic E-state index is 0.348. The minimum Gasteiger partial charge on any atom is -0.309 e. The molecule has 1 amide bonds. The first-order valence-corrected chi connectivity index (χ1v) is 6.00. The van der Waals surface area contributed by atoms with E-state index in [-0.39, 0.29) is 5.91 Å². The van der Waals surface area contributed by atoms with Gasteiger partial charge < -0.3 is 4.52 Å². The number of carbonyl (C=O) groups is 1. The highest BCUT2D eigenvalue weighted by Gasteiger charge is 2.20. The average Bonchev–Trinajstić information content (AvgIpc) is 1.87. The van der Waals surface area contributed by atoms with E-state index < -0.39 is 6.72 Å². The number of amides is 1. The Labute approximate surface area is 64.0 Å². The molecule has 60 valence electrons. The third kappa shape index (κ3) is 3.25. The van der Waals surface area contributed by atoms with Gasteiger partial charge in [0.25, 0.3) is 0 Å². The van der Waals surface area contributed by atoms with Crippen molar-refractivity contribution in [2.24, 2.45) is 0 Å². The van der Waals surface area contributed by atoms with Gasteiger partial charge in [0.15, 0.2) is 0 Å². The molecular formula is C4H10NO3PS. The van der Waals surface area contributed by atoms with Gasteiger partial charge in [-0.1, -0.05) is 11.4 Å². The van der Waals surface area contributed by atoms with Gasteiger partial charge in [0.2, 0.25) is 5.91 Å². The molecule has 6 heteroatoms. The Morgan fingerprint density at radius 3 is 2.30 bits per heavy atom. The molecule has 0 rings (SSSR count). The van der Waals surface area contributed by atoms with E-state index in [2.05, 4.69) is 9.61 Å². The lowest BCUT2D eigenvalue weighted by molar-refractivity contribution is -0.117. The normalized spacial score (nSPS) is 15.9. The summed E-state index contributed by atoms with van der Waals surface area (Å²) in [6.07, 6.45) is 1.61. The molecule has 1 atom stereocenters. The second kappa shape index (κ2) is 4.01. The lowest BCUT2D eigenvalue weighted by Crippen LogP contribution is -2.15. The molecule has 10 heavy (non-hydrogen) atoms. The maximum atomic E-state index is 11.2. The fourth-order valence-electron chi connectivity index (χ4n) is 0.359. The molecule has 0 spiro atoms. The van der Waals surface area contributed by atoms with E-state index in [1.807, 2.05) is 0 Å². The van der Waals surface area contributed by atoms with Crippen LogP contribution in [0, 0.1) is 0 Å². The minimum atomic E-state index is -2.92. The summed E-state index contributed by atoms with van der Waals surface area (Å²) < 4.78 is 15.8. The van der Waals surface area contributed by atoms with Crippen molar-refractivity contribution in [3.8, 4) is 0 Å². The van der Waals surface area contributed by atoms with Crippen LogP contribution in [0.1, 0.15) is 6.92 Å². The fraction of sp³-hybridized carbons (Fsp3) is 0.750. The average molecular weight is 183 g/mol. The molecule has 0 aromatic carbocycles. The molecule has 0 aliphatic rings. The number of nitrogens with one attached hydrogen (secondary N) is 1. The molecule has 4 nitrogen and oxygen atoms in total. The summed E-state index contributed by atoms with van der Waals surface area (Å²) in [5.41, 5.74) is 0. The second-order valence-electron chi connectivity index (χ2n) is 1.53. The van der Waals surface area contributed by atoms with Gasteiger partial charge >= 0.3 is 6.72 Å². The molecule has 0 bridgehead atoms. The quantitative estimate of drug-likeness (QED) is 0.669. The van der Waals surface area contributed by atoms with Crippen molar-refractivity contribution in [3.63, 3.8) is 0 Å². The third-order valence-corrected chi connectivity index (χ3v) is 4.49. The van der Waals surface area contributed by atoms with Gasteiger partial charge in [-0.15, -0.1) is 0 Å². The molecule has 0 unspecified atom stereocenters. The Morgan fingerprint density at radius 1 is 1.70 bits per heavy atom. The smallest absolute Gasteiger partial charge is 0.309 e. The summed E-state index contributed by atoms with van der Waals surface area (Å²) in [6.45, 7) is -1.63. The highest BCUT2D eigenvalue weighted by Crippen LogP contribution is 2.53. The zero-order chi connectivity index (χ0) is 8.20. The monoisotopic (exact) mass is 183 g/mol. The summed E-state index contributed by atoms with van der Waals surface area (Å²) in [6, 6.07) is 0. The first-order valence-electron chi connectivity index (χ1n) is 2.54. The van der Waals surface area contributed by atoms with Gasteiger partial charge in [-0.3, -0.25) is 14.4 Å². The summed E-state index contributed by atoms with van der Waals surface area (Å²) in [5, 5.41) is 2.21. The van der Waals surface area contributed by atoms with Crippen LogP contribution in [0.25, 0.3) is 0 Å². The zero-order valence-electron chi connectivity index (χ0n) is 6.08. The van der Waals surface area contributed by atoms with Crippen LogP contribution in [0.15, 0.2) is 0 Å². The van der Waals surface area contributed by atoms with Crippen molar-refractivity contribution in [3.05, 3.63) is 0 Å². The fourth-order valence-corrected chi connectivity index (χ4v) is 2.18. The van der Waals surface area contributed by atoms with Gasteiger partial charge in [-0.2, -0.15) is 0 Å². The lowest BCUT2D eigenvalue weighted by Gasteiger charge is -2.11. The van der Waals surface area contributed by atoms with Crippen molar-refractivity contribution < 1.29 is 13.9 Å². The highest BCUT2D eigenvalue weighted by atomic mass is 32.7. The zero-order valence-corrected chi connectivity index (χ0v) is 7.79. The molecule has 0 aliphatic carbocycles. The summed E-state index contributed by atoms with van der Waals surface area (Å²) >= 11 is 1.00. The van der Waals surface area contributed by atoms with E-state index in [1.165, 1.54) is 14.0 Å². The summed E-state index contributed by atoms with van der Waals surface area (Å²) in [7, 11) is 1.30. The Kier molecular flexibility index (Phi) is 4.01. The van der Waals surface area contributed by atoms with Crippen molar-refractivity contribution in [1.82, 2.24) is 5.09 Å². The van der Waals surface area contributed by atoms with Gasteiger partial charge in [-0.25, -0.2) is 0 Å². The first-order chi connectivity index (χ1) is 4.54. The van der Waals surface area contributed by atoms with E-state index in [9.17, 15) is 9.36 Å². The molecular weight excluding hydrogens is 173 g/mol. The Balaban J connectivity index is 4.07. The predicted molar refractivity (Wildman–Crippen MR) is 41.9 cm³/mol. The topological polar surface area (TPSA) is 55.4 Å². The molecule has 0 aromatic heterocycles. The van der Waals surface area contributed by atoms with Crippen LogP contribution < -0.4 is 5.09 Å². The van der Waals surface area contributed by atoms with Gasteiger partial charge in [-0.05, 0) is 6.26 Å². The number of hydrogen-bond donors (Lipinski definition) is 1. The van der Waals surface area contributed by atoms with Crippen LogP contribution in [0.5, 0.6) is 0 Å². The predicted octanol–water partition coefficient (Wildman–Crippen LogP) is 1.24. The summed E-state index contributed by atoms with van der Waals surface area (Å²) in [4.78, 5) is 10.4. The molecule has 0 saturated heterocycles. The van der Waals surface area contributed by atoms with E-state index in [0.717, 1.165) is 11.4 Å². The molecule has 0 saturated carbocycles. The van der Waals surface area contributed by atoms with Crippen LogP contribution in [0.4, 0.5) is 0 Å². The van der Waals surface area contributed by atoms with Crippen LogP contribution in [0.2, 0.25) is 0 Å². The van der Waals surface area contributed by atoms with Crippen LogP contribution in [-0.2, 0) is 13.9 Å². The lowest BCUT2D eigenvalue weighted by atomic mass is 10.8. The SMILES string of the molecule is CO[P@](=O)(NC(C)=O)SC. The van der Waals surface area contributed by atoms with Gasteiger partial charge in [0.1, 0.15) is 0 Å². The Morgan fingerprint density at radius 2 is 2.20 bits per heavy atom. The molecule has 0 aliphatic heterocycles. The standard InChI is InChI=1S/C4H10NO3PS/c1-4(6)5-9(7,8-2)10-3/h1-3H3,(H,5,6,7)/t9-/m1/s1. The highest BCUT2D eigenvalue weighted by molar-refractivity contribution is 8.55. The van der Waals surface area contributed by atoms with Crippen molar-refractivity contribution in [2.75, 3.05) is 13.4 Å². The van der Waals surface area contributed by atoms with E-state index in [0.29, 0.717) is 0 Å².